The van der Waals surface area contributed by atoms with Gasteiger partial charge in [0, 0.05) is 34.8 Å². The highest BCUT2D eigenvalue weighted by Crippen LogP contribution is 2.25. The molecule has 0 saturated heterocycles. The highest BCUT2D eigenvalue weighted by molar-refractivity contribution is 5.99. The van der Waals surface area contributed by atoms with Crippen molar-refractivity contribution in [3.8, 4) is 11.4 Å². The van der Waals surface area contributed by atoms with Gasteiger partial charge in [0.1, 0.15) is 0 Å². The standard InChI is InChI=1S/C13H13N5O/c1-2-5-18-7-10(8-19)11-6-9(3-4-12(11)18)13-14-16-17-15-13/h3-4,6-8H,2,5H2,1H3,(H,14,15,16,17). The van der Waals surface area contributed by atoms with Crippen molar-refractivity contribution in [3.63, 3.8) is 0 Å². The molecule has 2 heterocycles. The van der Waals surface area contributed by atoms with Crippen molar-refractivity contribution in [2.45, 2.75) is 19.9 Å². The molecular formula is C13H13N5O. The van der Waals surface area contributed by atoms with Crippen LogP contribution in [-0.2, 0) is 6.54 Å². The molecule has 2 aromatic heterocycles. The number of carbonyl (C=O) groups is 1. The van der Waals surface area contributed by atoms with E-state index >= 15 is 0 Å². The highest BCUT2D eigenvalue weighted by Gasteiger charge is 2.10. The number of aryl methyl sites for hydroxylation is 1. The lowest BCUT2D eigenvalue weighted by molar-refractivity contribution is 0.112. The number of nitrogens with zero attached hydrogens (tertiary/aromatic N) is 4. The second kappa shape index (κ2) is 4.64. The van der Waals surface area contributed by atoms with Crippen LogP contribution in [0.1, 0.15) is 23.7 Å². The minimum absolute atomic E-state index is 0.530. The van der Waals surface area contributed by atoms with Gasteiger partial charge in [-0.05, 0) is 29.8 Å². The first-order valence-corrected chi connectivity index (χ1v) is 6.15. The fourth-order valence-corrected chi connectivity index (χ4v) is 2.27. The second-order valence-electron chi connectivity index (χ2n) is 4.36. The van der Waals surface area contributed by atoms with Crippen molar-refractivity contribution in [1.29, 1.82) is 0 Å². The third-order valence-corrected chi connectivity index (χ3v) is 3.11. The zero-order chi connectivity index (χ0) is 13.2. The lowest BCUT2D eigenvalue weighted by Crippen LogP contribution is -1.93. The van der Waals surface area contributed by atoms with Crippen molar-refractivity contribution in [2.75, 3.05) is 0 Å². The van der Waals surface area contributed by atoms with E-state index in [1.807, 2.05) is 24.4 Å². The average molecular weight is 255 g/mol. The van der Waals surface area contributed by atoms with Gasteiger partial charge in [-0.15, -0.1) is 10.2 Å². The Morgan fingerprint density at radius 3 is 3.00 bits per heavy atom. The summed E-state index contributed by atoms with van der Waals surface area (Å²) in [6.07, 6.45) is 3.80. The number of benzene rings is 1. The maximum absolute atomic E-state index is 11.2. The van der Waals surface area contributed by atoms with Gasteiger partial charge in [0.15, 0.2) is 6.29 Å². The van der Waals surface area contributed by atoms with Crippen molar-refractivity contribution < 1.29 is 4.79 Å². The summed E-state index contributed by atoms with van der Waals surface area (Å²) in [6.45, 7) is 3.01. The van der Waals surface area contributed by atoms with Crippen LogP contribution in [0.2, 0.25) is 0 Å². The van der Waals surface area contributed by atoms with Crippen molar-refractivity contribution in [2.24, 2.45) is 0 Å². The maximum atomic E-state index is 11.2. The Kier molecular flexibility index (Phi) is 2.83. The number of aromatic nitrogens is 5. The summed E-state index contributed by atoms with van der Waals surface area (Å²) in [5.74, 6) is 0.530. The predicted octanol–water partition coefficient (Wildman–Crippen LogP) is 2.04. The number of tetrazole rings is 1. The Morgan fingerprint density at radius 1 is 1.42 bits per heavy atom. The van der Waals surface area contributed by atoms with Crippen LogP contribution in [0.3, 0.4) is 0 Å². The molecule has 0 aliphatic carbocycles. The van der Waals surface area contributed by atoms with Gasteiger partial charge in [-0.1, -0.05) is 6.92 Å². The third kappa shape index (κ3) is 1.91. The van der Waals surface area contributed by atoms with E-state index in [0.717, 1.165) is 35.7 Å². The average Bonchev–Trinajstić information content (AvgIpc) is 3.06. The summed E-state index contributed by atoms with van der Waals surface area (Å²) in [6, 6.07) is 5.85. The number of fused-ring (bicyclic) bond motifs is 1. The Hall–Kier alpha value is -2.50. The van der Waals surface area contributed by atoms with Gasteiger partial charge in [0.05, 0.1) is 0 Å². The van der Waals surface area contributed by atoms with Gasteiger partial charge in [-0.25, -0.2) is 0 Å². The highest BCUT2D eigenvalue weighted by atomic mass is 16.1. The molecule has 3 aromatic rings. The fourth-order valence-electron chi connectivity index (χ4n) is 2.27. The summed E-state index contributed by atoms with van der Waals surface area (Å²) in [5.41, 5.74) is 2.59. The summed E-state index contributed by atoms with van der Waals surface area (Å²) >= 11 is 0. The zero-order valence-corrected chi connectivity index (χ0v) is 10.5. The van der Waals surface area contributed by atoms with E-state index in [1.165, 1.54) is 0 Å². The van der Waals surface area contributed by atoms with Crippen LogP contribution in [0.25, 0.3) is 22.3 Å². The minimum atomic E-state index is 0.530. The van der Waals surface area contributed by atoms with Gasteiger partial charge in [0.25, 0.3) is 0 Å². The van der Waals surface area contributed by atoms with Crippen LogP contribution in [0, 0.1) is 0 Å². The molecule has 6 heteroatoms. The number of aldehydes is 1. The number of hydrogen-bond donors (Lipinski definition) is 1. The minimum Gasteiger partial charge on any atom is -0.347 e. The van der Waals surface area contributed by atoms with Crippen molar-refractivity contribution >= 4 is 17.2 Å². The van der Waals surface area contributed by atoms with Crippen molar-refractivity contribution in [1.82, 2.24) is 25.2 Å². The predicted molar refractivity (Wildman–Crippen MR) is 70.8 cm³/mol. The number of hydrogen-bond acceptors (Lipinski definition) is 4. The summed E-state index contributed by atoms with van der Waals surface area (Å²) in [7, 11) is 0. The molecule has 0 atom stereocenters. The first-order valence-electron chi connectivity index (χ1n) is 6.15. The molecule has 1 aromatic carbocycles. The molecule has 0 unspecified atom stereocenters. The summed E-state index contributed by atoms with van der Waals surface area (Å²) in [5, 5.41) is 14.8. The molecular weight excluding hydrogens is 242 g/mol. The lowest BCUT2D eigenvalue weighted by atomic mass is 10.1. The Bertz CT molecular complexity index is 714. The molecule has 6 nitrogen and oxygen atoms in total. The molecule has 0 aliphatic rings. The molecule has 3 rings (SSSR count). The van der Waals surface area contributed by atoms with E-state index in [0.29, 0.717) is 11.4 Å². The molecule has 0 radical (unpaired) electrons. The SMILES string of the molecule is CCCn1cc(C=O)c2cc(-c3nn[nH]n3)ccc21. The fraction of sp³-hybridized carbons (Fsp3) is 0.231. The second-order valence-corrected chi connectivity index (χ2v) is 4.36. The molecule has 0 spiro atoms. The first kappa shape index (κ1) is 11.6. The first-order chi connectivity index (χ1) is 9.33. The van der Waals surface area contributed by atoms with E-state index in [9.17, 15) is 4.79 Å². The number of aromatic amines is 1. The van der Waals surface area contributed by atoms with Crippen LogP contribution < -0.4 is 0 Å². The summed E-state index contributed by atoms with van der Waals surface area (Å²) in [4.78, 5) is 11.2. The van der Waals surface area contributed by atoms with E-state index < -0.39 is 0 Å². The van der Waals surface area contributed by atoms with E-state index in [2.05, 4.69) is 32.1 Å². The number of nitrogens with one attached hydrogen (secondary N) is 1. The Labute approximate surface area is 109 Å². The van der Waals surface area contributed by atoms with Gasteiger partial charge in [-0.2, -0.15) is 5.21 Å². The van der Waals surface area contributed by atoms with E-state index in [4.69, 9.17) is 0 Å². The molecule has 0 saturated carbocycles. The largest absolute Gasteiger partial charge is 0.347 e. The zero-order valence-electron chi connectivity index (χ0n) is 10.5. The van der Waals surface area contributed by atoms with Crippen LogP contribution in [0.15, 0.2) is 24.4 Å². The topological polar surface area (TPSA) is 76.5 Å². The monoisotopic (exact) mass is 255 g/mol. The molecule has 0 bridgehead atoms. The number of rotatable bonds is 4. The Balaban J connectivity index is 2.19. The van der Waals surface area contributed by atoms with Crippen LogP contribution >= 0.6 is 0 Å². The van der Waals surface area contributed by atoms with Crippen LogP contribution in [0.4, 0.5) is 0 Å². The molecule has 96 valence electrons. The van der Waals surface area contributed by atoms with Gasteiger partial charge < -0.3 is 4.57 Å². The normalized spacial score (nSPS) is 11.0. The molecule has 19 heavy (non-hydrogen) atoms. The smallest absolute Gasteiger partial charge is 0.204 e. The maximum Gasteiger partial charge on any atom is 0.204 e. The summed E-state index contributed by atoms with van der Waals surface area (Å²) < 4.78 is 2.10. The molecule has 0 fully saturated rings. The lowest BCUT2D eigenvalue weighted by Gasteiger charge is -2.02. The quantitative estimate of drug-likeness (QED) is 0.724. The van der Waals surface area contributed by atoms with Gasteiger partial charge in [-0.3, -0.25) is 4.79 Å². The number of carbonyl (C=O) groups excluding carboxylic acids is 1. The van der Waals surface area contributed by atoms with Crippen LogP contribution in [0.5, 0.6) is 0 Å². The van der Waals surface area contributed by atoms with Crippen molar-refractivity contribution in [3.05, 3.63) is 30.0 Å². The van der Waals surface area contributed by atoms with E-state index in [1.54, 1.807) is 0 Å². The molecule has 0 amide bonds. The van der Waals surface area contributed by atoms with Gasteiger partial charge >= 0.3 is 0 Å². The van der Waals surface area contributed by atoms with Crippen LogP contribution in [-0.4, -0.2) is 31.5 Å². The van der Waals surface area contributed by atoms with E-state index in [-0.39, 0.29) is 0 Å². The van der Waals surface area contributed by atoms with Gasteiger partial charge in [0.2, 0.25) is 5.82 Å². The molecule has 0 aliphatic heterocycles. The molecule has 1 N–H and O–H groups in total. The third-order valence-electron chi connectivity index (χ3n) is 3.11. The Morgan fingerprint density at radius 2 is 2.32 bits per heavy atom. The number of H-pyrrole nitrogens is 1.